The van der Waals surface area contributed by atoms with E-state index in [2.05, 4.69) is 15.3 Å². The zero-order chi connectivity index (χ0) is 15.4. The Morgan fingerprint density at radius 2 is 2.05 bits per heavy atom. The first kappa shape index (κ1) is 16.3. The van der Waals surface area contributed by atoms with Gasteiger partial charge in [0, 0.05) is 6.04 Å². The Kier molecular flexibility index (Phi) is 5.66. The molecule has 2 N–H and O–H groups in total. The number of methoxy groups -OCH3 is 1. The molecule has 1 saturated carbocycles. The molecule has 1 fully saturated rings. The summed E-state index contributed by atoms with van der Waals surface area (Å²) in [4.78, 5) is 20.6. The third-order valence-electron chi connectivity index (χ3n) is 3.45. The van der Waals surface area contributed by atoms with Crippen molar-refractivity contribution in [1.82, 2.24) is 15.3 Å². The smallest absolute Gasteiger partial charge is 0.260 e. The van der Waals surface area contributed by atoms with Crippen LogP contribution in [-0.4, -0.2) is 46.5 Å². The van der Waals surface area contributed by atoms with Gasteiger partial charge in [0.15, 0.2) is 5.16 Å². The minimum atomic E-state index is -0.342. The van der Waals surface area contributed by atoms with Crippen molar-refractivity contribution in [2.75, 3.05) is 13.4 Å². The van der Waals surface area contributed by atoms with E-state index in [-0.39, 0.29) is 34.6 Å². The summed E-state index contributed by atoms with van der Waals surface area (Å²) in [5, 5.41) is 12.9. The number of hydrogen-bond acceptors (Lipinski definition) is 6. The topological polar surface area (TPSA) is 84.3 Å². The Bertz CT molecular complexity index is 522. The van der Waals surface area contributed by atoms with Gasteiger partial charge in [-0.3, -0.25) is 4.79 Å². The molecule has 8 heteroatoms. The van der Waals surface area contributed by atoms with Crippen molar-refractivity contribution in [2.24, 2.45) is 0 Å². The summed E-state index contributed by atoms with van der Waals surface area (Å²) < 4.78 is 5.15. The third kappa shape index (κ3) is 3.99. The third-order valence-corrected chi connectivity index (χ3v) is 4.27. The van der Waals surface area contributed by atoms with Crippen molar-refractivity contribution in [3.63, 3.8) is 0 Å². The van der Waals surface area contributed by atoms with E-state index in [1.54, 1.807) is 0 Å². The standard InChI is InChI=1S/C13H18ClN3O3S/c1-20-12-9(10(14)16-13(17-12)21-2)11(19)15-7-3-5-8(18)6-4-7/h7-8,18H,3-6H2,1-2H3,(H,15,19). The lowest BCUT2D eigenvalue weighted by molar-refractivity contribution is 0.0863. The molecule has 2 rings (SSSR count). The summed E-state index contributed by atoms with van der Waals surface area (Å²) in [5.41, 5.74) is 0.156. The second kappa shape index (κ2) is 7.29. The van der Waals surface area contributed by atoms with Crippen molar-refractivity contribution in [2.45, 2.75) is 43.0 Å². The maximum absolute atomic E-state index is 12.4. The molecule has 0 bridgehead atoms. The highest BCUT2D eigenvalue weighted by Crippen LogP contribution is 2.27. The summed E-state index contributed by atoms with van der Waals surface area (Å²) in [6.07, 6.45) is 4.43. The predicted molar refractivity (Wildman–Crippen MR) is 81.1 cm³/mol. The highest BCUT2D eigenvalue weighted by molar-refractivity contribution is 7.98. The van der Waals surface area contributed by atoms with E-state index in [9.17, 15) is 9.90 Å². The molecule has 21 heavy (non-hydrogen) atoms. The first-order valence-electron chi connectivity index (χ1n) is 6.69. The van der Waals surface area contributed by atoms with Gasteiger partial charge in [0.05, 0.1) is 13.2 Å². The van der Waals surface area contributed by atoms with E-state index in [0.717, 1.165) is 12.8 Å². The van der Waals surface area contributed by atoms with Crippen molar-refractivity contribution < 1.29 is 14.6 Å². The fourth-order valence-corrected chi connectivity index (χ4v) is 2.96. The van der Waals surface area contributed by atoms with Crippen molar-refractivity contribution >= 4 is 29.3 Å². The zero-order valence-corrected chi connectivity index (χ0v) is 13.5. The monoisotopic (exact) mass is 331 g/mol. The van der Waals surface area contributed by atoms with Gasteiger partial charge in [-0.1, -0.05) is 23.4 Å². The molecular weight excluding hydrogens is 314 g/mol. The van der Waals surface area contributed by atoms with Gasteiger partial charge in [0.25, 0.3) is 5.91 Å². The van der Waals surface area contributed by atoms with Gasteiger partial charge < -0.3 is 15.2 Å². The first-order chi connectivity index (χ1) is 10.0. The molecule has 6 nitrogen and oxygen atoms in total. The van der Waals surface area contributed by atoms with Crippen LogP contribution in [0.3, 0.4) is 0 Å². The van der Waals surface area contributed by atoms with Crippen LogP contribution in [0.2, 0.25) is 5.15 Å². The quantitative estimate of drug-likeness (QED) is 0.498. The lowest BCUT2D eigenvalue weighted by Gasteiger charge is -2.26. The molecule has 1 aromatic heterocycles. The van der Waals surface area contributed by atoms with Gasteiger partial charge in [-0.25, -0.2) is 4.98 Å². The Balaban J connectivity index is 2.15. The lowest BCUT2D eigenvalue weighted by atomic mass is 9.93. The van der Waals surface area contributed by atoms with Gasteiger partial charge in [0.2, 0.25) is 5.88 Å². The van der Waals surface area contributed by atoms with Crippen LogP contribution in [0, 0.1) is 0 Å². The molecule has 0 aromatic carbocycles. The van der Waals surface area contributed by atoms with Gasteiger partial charge in [-0.05, 0) is 31.9 Å². The van der Waals surface area contributed by atoms with Gasteiger partial charge in [-0.15, -0.1) is 0 Å². The van der Waals surface area contributed by atoms with E-state index >= 15 is 0 Å². The maximum Gasteiger partial charge on any atom is 0.260 e. The van der Waals surface area contributed by atoms with Crippen LogP contribution < -0.4 is 10.1 Å². The van der Waals surface area contributed by atoms with E-state index in [0.29, 0.717) is 18.0 Å². The fraction of sp³-hybridized carbons (Fsp3) is 0.615. The summed E-state index contributed by atoms with van der Waals surface area (Å²) in [7, 11) is 1.44. The minimum absolute atomic E-state index is 0.0295. The van der Waals surface area contributed by atoms with Crippen LogP contribution in [-0.2, 0) is 0 Å². The molecule has 1 aliphatic carbocycles. The molecule has 0 aliphatic heterocycles. The normalized spacial score (nSPS) is 21.9. The lowest BCUT2D eigenvalue weighted by Crippen LogP contribution is -2.39. The predicted octanol–water partition coefficient (Wildman–Crippen LogP) is 1.89. The molecule has 1 aromatic rings. The zero-order valence-electron chi connectivity index (χ0n) is 11.9. The number of aromatic nitrogens is 2. The molecule has 0 spiro atoms. The molecule has 1 amide bonds. The molecule has 0 saturated heterocycles. The number of nitrogens with zero attached hydrogens (tertiary/aromatic N) is 2. The molecule has 116 valence electrons. The molecule has 0 unspecified atom stereocenters. The Labute approximate surface area is 132 Å². The number of nitrogens with one attached hydrogen (secondary N) is 1. The molecule has 0 radical (unpaired) electrons. The van der Waals surface area contributed by atoms with Crippen LogP contribution in [0.5, 0.6) is 5.88 Å². The average molecular weight is 332 g/mol. The van der Waals surface area contributed by atoms with E-state index < -0.39 is 0 Å². The number of halogens is 1. The minimum Gasteiger partial charge on any atom is -0.480 e. The average Bonchev–Trinajstić information content (AvgIpc) is 2.48. The summed E-state index contributed by atoms with van der Waals surface area (Å²) >= 11 is 7.41. The number of aliphatic hydroxyl groups excluding tert-OH is 1. The molecule has 1 aliphatic rings. The van der Waals surface area contributed by atoms with Crippen molar-refractivity contribution in [1.29, 1.82) is 0 Å². The molecular formula is C13H18ClN3O3S. The van der Waals surface area contributed by atoms with E-state index in [4.69, 9.17) is 16.3 Å². The second-order valence-corrected chi connectivity index (χ2v) is 6.00. The summed E-state index contributed by atoms with van der Waals surface area (Å²) in [6.45, 7) is 0. The van der Waals surface area contributed by atoms with E-state index in [1.807, 2.05) is 6.26 Å². The van der Waals surface area contributed by atoms with Crippen molar-refractivity contribution in [3.05, 3.63) is 10.7 Å². The number of aliphatic hydroxyl groups is 1. The Morgan fingerprint density at radius 3 is 2.62 bits per heavy atom. The number of thioether (sulfide) groups is 1. The van der Waals surface area contributed by atoms with Crippen LogP contribution in [0.4, 0.5) is 0 Å². The highest BCUT2D eigenvalue weighted by Gasteiger charge is 2.25. The van der Waals surface area contributed by atoms with Crippen LogP contribution in [0.25, 0.3) is 0 Å². The number of hydrogen-bond donors (Lipinski definition) is 2. The molecule has 1 heterocycles. The van der Waals surface area contributed by atoms with Gasteiger partial charge >= 0.3 is 0 Å². The maximum atomic E-state index is 12.4. The fourth-order valence-electron chi connectivity index (χ4n) is 2.30. The van der Waals surface area contributed by atoms with Crippen LogP contribution >= 0.6 is 23.4 Å². The highest BCUT2D eigenvalue weighted by atomic mass is 35.5. The van der Waals surface area contributed by atoms with Crippen LogP contribution in [0.15, 0.2) is 5.16 Å². The van der Waals surface area contributed by atoms with Gasteiger partial charge in [-0.2, -0.15) is 4.98 Å². The van der Waals surface area contributed by atoms with Crippen molar-refractivity contribution in [3.8, 4) is 5.88 Å². The number of ether oxygens (including phenoxy) is 1. The van der Waals surface area contributed by atoms with Crippen LogP contribution in [0.1, 0.15) is 36.0 Å². The first-order valence-corrected chi connectivity index (χ1v) is 8.29. The van der Waals surface area contributed by atoms with Gasteiger partial charge in [0.1, 0.15) is 10.7 Å². The number of rotatable bonds is 4. The Morgan fingerprint density at radius 1 is 1.38 bits per heavy atom. The van der Waals surface area contributed by atoms with E-state index in [1.165, 1.54) is 18.9 Å². The largest absolute Gasteiger partial charge is 0.480 e. The number of carbonyl (C=O) groups is 1. The summed E-state index contributed by atoms with van der Waals surface area (Å²) in [6, 6.07) is 0.0295. The molecule has 0 atom stereocenters. The second-order valence-electron chi connectivity index (χ2n) is 4.86. The summed E-state index contributed by atoms with van der Waals surface area (Å²) in [5.74, 6) is -0.168. The Hall–Kier alpha value is -1.05. The SMILES string of the molecule is COc1nc(SC)nc(Cl)c1C(=O)NC1CCC(O)CC1. The number of carbonyl (C=O) groups excluding carboxylic acids is 1. The number of amides is 1.